The van der Waals surface area contributed by atoms with Crippen LogP contribution in [0, 0.1) is 17.0 Å². The third kappa shape index (κ3) is 3.68. The van der Waals surface area contributed by atoms with Gasteiger partial charge in [0.05, 0.1) is 19.1 Å². The van der Waals surface area contributed by atoms with Crippen LogP contribution in [0.2, 0.25) is 0 Å². The highest BCUT2D eigenvalue weighted by Crippen LogP contribution is 2.30. The Kier molecular flexibility index (Phi) is 5.22. The molecule has 0 unspecified atom stereocenters. The molecule has 1 aromatic rings. The molecule has 0 atom stereocenters. The van der Waals surface area contributed by atoms with Crippen LogP contribution in [-0.4, -0.2) is 54.0 Å². The Morgan fingerprint density at radius 3 is 2.14 bits per heavy atom. The molecule has 116 valence electrons. The molecule has 1 heterocycles. The molecule has 0 aliphatic carbocycles. The average Bonchev–Trinajstić information content (AvgIpc) is 2.72. The van der Waals surface area contributed by atoms with E-state index in [4.69, 9.17) is 0 Å². The van der Waals surface area contributed by atoms with Gasteiger partial charge in [-0.15, -0.1) is 0 Å². The van der Waals surface area contributed by atoms with Crippen molar-refractivity contribution in [3.05, 3.63) is 15.8 Å². The number of carbonyl (C=O) groups is 2. The SMILES string of the molecule is COC(=O)CN(CC(=O)OC)c1c([N+](=O)[O-])c(C)nn1C. The maximum absolute atomic E-state index is 11.4. The molecule has 10 nitrogen and oxygen atoms in total. The van der Waals surface area contributed by atoms with Crippen LogP contribution in [0.3, 0.4) is 0 Å². The van der Waals surface area contributed by atoms with Crippen LogP contribution in [0.1, 0.15) is 5.69 Å². The molecule has 1 rings (SSSR count). The zero-order valence-electron chi connectivity index (χ0n) is 12.2. The lowest BCUT2D eigenvalue weighted by Gasteiger charge is -2.21. The second-order valence-electron chi connectivity index (χ2n) is 4.15. The summed E-state index contributed by atoms with van der Waals surface area (Å²) in [7, 11) is 3.85. The van der Waals surface area contributed by atoms with Crippen molar-refractivity contribution in [2.45, 2.75) is 6.92 Å². The van der Waals surface area contributed by atoms with E-state index in [0.29, 0.717) is 0 Å². The number of esters is 2. The molecule has 0 radical (unpaired) electrons. The summed E-state index contributed by atoms with van der Waals surface area (Å²) in [5.74, 6) is -1.26. The highest BCUT2D eigenvalue weighted by Gasteiger charge is 2.31. The van der Waals surface area contributed by atoms with Gasteiger partial charge in [-0.1, -0.05) is 0 Å². The first-order chi connectivity index (χ1) is 9.81. The highest BCUT2D eigenvalue weighted by molar-refractivity contribution is 5.82. The van der Waals surface area contributed by atoms with E-state index in [9.17, 15) is 19.7 Å². The van der Waals surface area contributed by atoms with Crippen molar-refractivity contribution in [2.75, 3.05) is 32.2 Å². The molecule has 1 aromatic heterocycles. The minimum atomic E-state index is -0.646. The van der Waals surface area contributed by atoms with E-state index < -0.39 is 16.9 Å². The summed E-state index contributed by atoms with van der Waals surface area (Å²) >= 11 is 0. The first kappa shape index (κ1) is 16.4. The molecule has 0 aliphatic rings. The second-order valence-corrected chi connectivity index (χ2v) is 4.15. The Morgan fingerprint density at radius 2 is 1.76 bits per heavy atom. The molecule has 0 fully saturated rings. The molecule has 0 aromatic carbocycles. The number of carbonyl (C=O) groups excluding carboxylic acids is 2. The predicted octanol–water partition coefficient (Wildman–Crippen LogP) is -0.211. The van der Waals surface area contributed by atoms with Crippen molar-refractivity contribution in [1.82, 2.24) is 9.78 Å². The van der Waals surface area contributed by atoms with Crippen LogP contribution >= 0.6 is 0 Å². The fourth-order valence-corrected chi connectivity index (χ4v) is 1.85. The van der Waals surface area contributed by atoms with E-state index in [1.54, 1.807) is 0 Å². The number of nitro groups is 1. The molecule has 0 spiro atoms. The normalized spacial score (nSPS) is 10.1. The van der Waals surface area contributed by atoms with Crippen molar-refractivity contribution in [3.63, 3.8) is 0 Å². The third-order valence-electron chi connectivity index (χ3n) is 2.74. The van der Waals surface area contributed by atoms with Gasteiger partial charge in [0.2, 0.25) is 5.82 Å². The summed E-state index contributed by atoms with van der Waals surface area (Å²) in [6.07, 6.45) is 0. The van der Waals surface area contributed by atoms with Crippen molar-refractivity contribution in [1.29, 1.82) is 0 Å². The summed E-state index contributed by atoms with van der Waals surface area (Å²) in [6.45, 7) is 0.785. The lowest BCUT2D eigenvalue weighted by molar-refractivity contribution is -0.384. The molecule has 21 heavy (non-hydrogen) atoms. The van der Waals surface area contributed by atoms with Crippen LogP contribution in [0.15, 0.2) is 0 Å². The lowest BCUT2D eigenvalue weighted by atomic mass is 10.3. The number of ether oxygens (including phenoxy) is 2. The van der Waals surface area contributed by atoms with E-state index in [2.05, 4.69) is 14.6 Å². The van der Waals surface area contributed by atoms with E-state index in [1.165, 1.54) is 37.8 Å². The minimum Gasteiger partial charge on any atom is -0.468 e. The van der Waals surface area contributed by atoms with Gasteiger partial charge in [-0.25, -0.2) is 4.68 Å². The van der Waals surface area contributed by atoms with E-state index in [0.717, 1.165) is 0 Å². The van der Waals surface area contributed by atoms with Gasteiger partial charge < -0.3 is 14.4 Å². The number of hydrogen-bond acceptors (Lipinski definition) is 8. The summed E-state index contributed by atoms with van der Waals surface area (Å²) in [6, 6.07) is 0. The summed E-state index contributed by atoms with van der Waals surface area (Å²) in [4.78, 5) is 34.6. The predicted molar refractivity (Wildman–Crippen MR) is 70.8 cm³/mol. The Morgan fingerprint density at radius 1 is 1.29 bits per heavy atom. The minimum absolute atomic E-state index is 0.0355. The van der Waals surface area contributed by atoms with Gasteiger partial charge in [-0.2, -0.15) is 5.10 Å². The summed E-state index contributed by atoms with van der Waals surface area (Å²) in [5, 5.41) is 15.1. The zero-order valence-corrected chi connectivity index (χ0v) is 12.2. The van der Waals surface area contributed by atoms with Crippen LogP contribution in [0.25, 0.3) is 0 Å². The number of aromatic nitrogens is 2. The zero-order chi connectivity index (χ0) is 16.2. The average molecular weight is 300 g/mol. The fraction of sp³-hybridized carbons (Fsp3) is 0.545. The quantitative estimate of drug-likeness (QED) is 0.402. The van der Waals surface area contributed by atoms with Gasteiger partial charge in [0.15, 0.2) is 0 Å². The van der Waals surface area contributed by atoms with Crippen LogP contribution < -0.4 is 4.90 Å². The highest BCUT2D eigenvalue weighted by atomic mass is 16.6. The maximum atomic E-state index is 11.4. The molecular formula is C11H16N4O6. The number of aryl methyl sites for hydroxylation is 2. The number of rotatable bonds is 6. The molecule has 0 N–H and O–H groups in total. The van der Waals surface area contributed by atoms with Gasteiger partial charge >= 0.3 is 17.6 Å². The van der Waals surface area contributed by atoms with Crippen molar-refractivity contribution >= 4 is 23.4 Å². The largest absolute Gasteiger partial charge is 0.468 e. The molecule has 0 saturated carbocycles. The molecule has 0 bridgehead atoms. The Hall–Kier alpha value is -2.65. The summed E-state index contributed by atoms with van der Waals surface area (Å²) < 4.78 is 10.3. The second kappa shape index (κ2) is 6.68. The molecule has 10 heteroatoms. The van der Waals surface area contributed by atoms with Crippen molar-refractivity contribution in [3.8, 4) is 0 Å². The van der Waals surface area contributed by atoms with Crippen LogP contribution in [0.5, 0.6) is 0 Å². The standard InChI is InChI=1S/C11H16N4O6/c1-7-10(15(18)19)11(13(2)12-7)14(5-8(16)20-3)6-9(17)21-4/h5-6H2,1-4H3. The molecular weight excluding hydrogens is 284 g/mol. The number of hydrogen-bond donors (Lipinski definition) is 0. The Labute approximate surface area is 120 Å². The van der Waals surface area contributed by atoms with Crippen molar-refractivity contribution < 1.29 is 24.0 Å². The van der Waals surface area contributed by atoms with Gasteiger partial charge in [-0.3, -0.25) is 19.7 Å². The first-order valence-electron chi connectivity index (χ1n) is 5.88. The van der Waals surface area contributed by atoms with Crippen molar-refractivity contribution in [2.24, 2.45) is 7.05 Å². The van der Waals surface area contributed by atoms with Gasteiger partial charge in [0, 0.05) is 7.05 Å². The maximum Gasteiger partial charge on any atom is 0.333 e. The molecule has 0 saturated heterocycles. The fourth-order valence-electron chi connectivity index (χ4n) is 1.85. The van der Waals surface area contributed by atoms with Gasteiger partial charge in [0.25, 0.3) is 0 Å². The first-order valence-corrected chi connectivity index (χ1v) is 5.88. The number of nitrogens with zero attached hydrogens (tertiary/aromatic N) is 4. The topological polar surface area (TPSA) is 117 Å². The monoisotopic (exact) mass is 300 g/mol. The van der Waals surface area contributed by atoms with Crippen LogP contribution in [0.4, 0.5) is 11.5 Å². The van der Waals surface area contributed by atoms with E-state index >= 15 is 0 Å². The number of methoxy groups -OCH3 is 2. The molecule has 0 aliphatic heterocycles. The van der Waals surface area contributed by atoms with Gasteiger partial charge in [0.1, 0.15) is 18.8 Å². The third-order valence-corrected chi connectivity index (χ3v) is 2.74. The van der Waals surface area contributed by atoms with E-state index in [1.807, 2.05) is 0 Å². The van der Waals surface area contributed by atoms with Crippen LogP contribution in [-0.2, 0) is 26.1 Å². The molecule has 0 amide bonds. The lowest BCUT2D eigenvalue weighted by Crippen LogP contribution is -2.37. The van der Waals surface area contributed by atoms with E-state index in [-0.39, 0.29) is 30.3 Å². The number of anilines is 1. The smallest absolute Gasteiger partial charge is 0.333 e. The van der Waals surface area contributed by atoms with Gasteiger partial charge in [-0.05, 0) is 6.92 Å². The summed E-state index contributed by atoms with van der Waals surface area (Å²) in [5.41, 5.74) is -0.0949. The Balaban J connectivity index is 3.27. The Bertz CT molecular complexity index is 549.